The number of thiazole rings is 1. The Bertz CT molecular complexity index is 1090. The second kappa shape index (κ2) is 8.68. The second-order valence-electron chi connectivity index (χ2n) is 6.23. The molecule has 0 fully saturated rings. The van der Waals surface area contributed by atoms with Crippen LogP contribution in [0.25, 0.3) is 10.2 Å². The van der Waals surface area contributed by atoms with E-state index >= 15 is 0 Å². The van der Waals surface area contributed by atoms with Gasteiger partial charge in [-0.05, 0) is 42.8 Å². The van der Waals surface area contributed by atoms with E-state index < -0.39 is 10.0 Å². The molecule has 28 heavy (non-hydrogen) atoms. The van der Waals surface area contributed by atoms with Gasteiger partial charge in [-0.1, -0.05) is 37.2 Å². The van der Waals surface area contributed by atoms with Gasteiger partial charge in [-0.25, -0.2) is 18.5 Å². The van der Waals surface area contributed by atoms with Gasteiger partial charge in [0, 0.05) is 5.56 Å². The van der Waals surface area contributed by atoms with Gasteiger partial charge in [0.1, 0.15) is 5.75 Å². The highest BCUT2D eigenvalue weighted by atomic mass is 32.2. The van der Waals surface area contributed by atoms with E-state index in [1.54, 1.807) is 24.3 Å². The van der Waals surface area contributed by atoms with Crippen LogP contribution in [0.4, 0.5) is 5.13 Å². The minimum atomic E-state index is -3.79. The summed E-state index contributed by atoms with van der Waals surface area (Å²) >= 11 is 1.18. The number of fused-ring (bicyclic) bond motifs is 1. The molecule has 0 bridgehead atoms. The number of rotatable bonds is 8. The molecular formula is C19H21N3O4S2. The number of nitrogens with one attached hydrogen (secondary N) is 1. The van der Waals surface area contributed by atoms with Gasteiger partial charge in [-0.3, -0.25) is 10.1 Å². The standard InChI is InChI=1S/C19H21N3O4S2/c1-2-3-4-10-26-14-7-5-6-13(11-14)18(23)22-19-21-16-9-8-15(28(20,24)25)12-17(16)27-19/h5-9,11-12H,2-4,10H2,1H3,(H2,20,24,25)(H,21,22,23). The van der Waals surface area contributed by atoms with Crippen LogP contribution >= 0.6 is 11.3 Å². The number of benzene rings is 2. The van der Waals surface area contributed by atoms with Crippen LogP contribution in [0.1, 0.15) is 36.5 Å². The Morgan fingerprint density at radius 2 is 2.04 bits per heavy atom. The first-order valence-corrected chi connectivity index (χ1v) is 11.2. The molecule has 148 valence electrons. The summed E-state index contributed by atoms with van der Waals surface area (Å²) in [5.74, 6) is 0.329. The van der Waals surface area contributed by atoms with Crippen LogP contribution in [0, 0.1) is 0 Å². The summed E-state index contributed by atoms with van der Waals surface area (Å²) in [5.41, 5.74) is 1.04. The lowest BCUT2D eigenvalue weighted by Crippen LogP contribution is -2.11. The van der Waals surface area contributed by atoms with Gasteiger partial charge in [-0.15, -0.1) is 0 Å². The number of carbonyl (C=O) groups is 1. The van der Waals surface area contributed by atoms with Crippen molar-refractivity contribution in [3.63, 3.8) is 0 Å². The quantitative estimate of drug-likeness (QED) is 0.540. The van der Waals surface area contributed by atoms with Crippen LogP contribution in [0.15, 0.2) is 47.4 Å². The highest BCUT2D eigenvalue weighted by molar-refractivity contribution is 7.89. The molecule has 0 atom stereocenters. The zero-order valence-corrected chi connectivity index (χ0v) is 17.0. The van der Waals surface area contributed by atoms with Gasteiger partial charge in [-0.2, -0.15) is 0 Å². The van der Waals surface area contributed by atoms with Crippen molar-refractivity contribution in [1.29, 1.82) is 0 Å². The molecule has 0 radical (unpaired) electrons. The maximum Gasteiger partial charge on any atom is 0.257 e. The van der Waals surface area contributed by atoms with Gasteiger partial charge >= 0.3 is 0 Å². The number of anilines is 1. The number of hydrogen-bond donors (Lipinski definition) is 2. The van der Waals surface area contributed by atoms with Crippen LogP contribution in [0.3, 0.4) is 0 Å². The predicted octanol–water partition coefficient (Wildman–Crippen LogP) is 3.77. The molecule has 3 aromatic rings. The van der Waals surface area contributed by atoms with Crippen molar-refractivity contribution in [1.82, 2.24) is 4.98 Å². The molecule has 1 amide bonds. The van der Waals surface area contributed by atoms with Crippen LogP contribution in [-0.2, 0) is 10.0 Å². The zero-order chi connectivity index (χ0) is 20.1. The molecule has 3 N–H and O–H groups in total. The third-order valence-corrected chi connectivity index (χ3v) is 5.87. The van der Waals surface area contributed by atoms with Gasteiger partial charge < -0.3 is 4.74 Å². The number of aromatic nitrogens is 1. The number of hydrogen-bond acceptors (Lipinski definition) is 6. The lowest BCUT2D eigenvalue weighted by atomic mass is 10.2. The molecule has 9 heteroatoms. The van der Waals surface area contributed by atoms with E-state index in [4.69, 9.17) is 9.88 Å². The van der Waals surface area contributed by atoms with Crippen molar-refractivity contribution in [2.75, 3.05) is 11.9 Å². The van der Waals surface area contributed by atoms with Crippen molar-refractivity contribution in [2.45, 2.75) is 31.1 Å². The lowest BCUT2D eigenvalue weighted by Gasteiger charge is -2.07. The van der Waals surface area contributed by atoms with Gasteiger partial charge in [0.15, 0.2) is 5.13 Å². The Balaban J connectivity index is 1.72. The molecule has 2 aromatic carbocycles. The van der Waals surface area contributed by atoms with E-state index in [9.17, 15) is 13.2 Å². The zero-order valence-electron chi connectivity index (χ0n) is 15.3. The summed E-state index contributed by atoms with van der Waals surface area (Å²) in [4.78, 5) is 16.9. The minimum Gasteiger partial charge on any atom is -0.494 e. The Hall–Kier alpha value is -2.49. The van der Waals surface area contributed by atoms with Crippen molar-refractivity contribution in [2.24, 2.45) is 5.14 Å². The van der Waals surface area contributed by atoms with Crippen molar-refractivity contribution in [3.05, 3.63) is 48.0 Å². The monoisotopic (exact) mass is 419 g/mol. The first kappa shape index (κ1) is 20.2. The van der Waals surface area contributed by atoms with Crippen molar-refractivity contribution in [3.8, 4) is 5.75 Å². The number of ether oxygens (including phenoxy) is 1. The topological polar surface area (TPSA) is 111 Å². The smallest absolute Gasteiger partial charge is 0.257 e. The molecule has 1 aromatic heterocycles. The SMILES string of the molecule is CCCCCOc1cccc(C(=O)Nc2nc3ccc(S(N)(=O)=O)cc3s2)c1. The summed E-state index contributed by atoms with van der Waals surface area (Å²) in [6.45, 7) is 2.74. The third-order valence-electron chi connectivity index (χ3n) is 4.02. The summed E-state index contributed by atoms with van der Waals surface area (Å²) in [5, 5.41) is 8.27. The second-order valence-corrected chi connectivity index (χ2v) is 8.82. The lowest BCUT2D eigenvalue weighted by molar-refractivity contribution is 0.102. The minimum absolute atomic E-state index is 0.00875. The molecule has 1 heterocycles. The predicted molar refractivity (Wildman–Crippen MR) is 110 cm³/mol. The van der Waals surface area contributed by atoms with Crippen LogP contribution < -0.4 is 15.2 Å². The number of nitrogens with zero attached hydrogens (tertiary/aromatic N) is 1. The van der Waals surface area contributed by atoms with Gasteiger partial charge in [0.2, 0.25) is 10.0 Å². The number of sulfonamides is 1. The fraction of sp³-hybridized carbons (Fsp3) is 0.263. The number of carbonyl (C=O) groups excluding carboxylic acids is 1. The average molecular weight is 420 g/mol. The number of amides is 1. The summed E-state index contributed by atoms with van der Waals surface area (Å²) < 4.78 is 29.2. The highest BCUT2D eigenvalue weighted by Crippen LogP contribution is 2.28. The van der Waals surface area contributed by atoms with E-state index in [-0.39, 0.29) is 10.8 Å². The molecule has 0 aliphatic rings. The molecule has 0 aliphatic carbocycles. The molecule has 0 unspecified atom stereocenters. The first-order valence-electron chi connectivity index (χ1n) is 8.84. The Kier molecular flexibility index (Phi) is 6.28. The van der Waals surface area contributed by atoms with E-state index in [0.29, 0.717) is 33.3 Å². The maximum atomic E-state index is 12.5. The Morgan fingerprint density at radius 1 is 1.21 bits per heavy atom. The summed E-state index contributed by atoms with van der Waals surface area (Å²) in [6.07, 6.45) is 3.19. The summed E-state index contributed by atoms with van der Waals surface area (Å²) in [6, 6.07) is 11.4. The molecular weight excluding hydrogens is 398 g/mol. The number of unbranched alkanes of at least 4 members (excludes halogenated alkanes) is 2. The largest absolute Gasteiger partial charge is 0.494 e. The number of primary sulfonamides is 1. The van der Waals surface area contributed by atoms with Gasteiger partial charge in [0.25, 0.3) is 5.91 Å². The molecule has 3 rings (SSSR count). The average Bonchev–Trinajstić information content (AvgIpc) is 3.06. The first-order chi connectivity index (χ1) is 13.4. The van der Waals surface area contributed by atoms with Crippen molar-refractivity contribution >= 4 is 42.6 Å². The molecule has 0 saturated carbocycles. The summed E-state index contributed by atoms with van der Waals surface area (Å²) in [7, 11) is -3.79. The molecule has 0 saturated heterocycles. The van der Waals surface area contributed by atoms with Gasteiger partial charge in [0.05, 0.1) is 21.7 Å². The number of nitrogens with two attached hydrogens (primary N) is 1. The molecule has 7 nitrogen and oxygen atoms in total. The molecule has 0 aliphatic heterocycles. The van der Waals surface area contributed by atoms with Crippen LogP contribution in [-0.4, -0.2) is 25.9 Å². The van der Waals surface area contributed by atoms with E-state index in [0.717, 1.165) is 19.3 Å². The van der Waals surface area contributed by atoms with Crippen LogP contribution in [0.2, 0.25) is 0 Å². The fourth-order valence-electron chi connectivity index (χ4n) is 2.57. The Labute approximate surface area is 167 Å². The fourth-order valence-corrected chi connectivity index (χ4v) is 4.09. The Morgan fingerprint density at radius 3 is 2.79 bits per heavy atom. The normalized spacial score (nSPS) is 11.5. The maximum absolute atomic E-state index is 12.5. The van der Waals surface area contributed by atoms with Crippen molar-refractivity contribution < 1.29 is 17.9 Å². The molecule has 0 spiro atoms. The van der Waals surface area contributed by atoms with E-state index in [1.165, 1.54) is 23.5 Å². The third kappa shape index (κ3) is 5.06. The van der Waals surface area contributed by atoms with E-state index in [1.807, 2.05) is 6.07 Å². The highest BCUT2D eigenvalue weighted by Gasteiger charge is 2.13. The van der Waals surface area contributed by atoms with Crippen LogP contribution in [0.5, 0.6) is 5.75 Å². The van der Waals surface area contributed by atoms with E-state index in [2.05, 4.69) is 17.2 Å².